The molecule has 0 saturated carbocycles. The average Bonchev–Trinajstić information content (AvgIpc) is 3.23. The minimum atomic E-state index is -0.333. The van der Waals surface area contributed by atoms with Crippen molar-refractivity contribution in [1.29, 1.82) is 0 Å². The number of benzene rings is 2. The number of carbonyl (C=O) groups is 1. The number of nitrogens with one attached hydrogen (secondary N) is 3. The molecule has 3 rings (SSSR count). The quantitative estimate of drug-likeness (QED) is 0.425. The van der Waals surface area contributed by atoms with E-state index in [0.29, 0.717) is 10.8 Å². The third-order valence-electron chi connectivity index (χ3n) is 4.28. The second kappa shape index (κ2) is 9.43. The number of nitrogens with zero attached hydrogens (tertiary/aromatic N) is 1. The maximum Gasteiger partial charge on any atom is 0.289 e. The van der Waals surface area contributed by atoms with Crippen molar-refractivity contribution in [2.24, 2.45) is 0 Å². The van der Waals surface area contributed by atoms with Crippen molar-refractivity contribution < 1.29 is 4.79 Å². The van der Waals surface area contributed by atoms with Crippen molar-refractivity contribution in [2.45, 2.75) is 26.7 Å². The first-order valence-electron chi connectivity index (χ1n) is 9.10. The second-order valence-electron chi connectivity index (χ2n) is 6.13. The van der Waals surface area contributed by atoms with Crippen LogP contribution in [0.2, 0.25) is 0 Å². The van der Waals surface area contributed by atoms with Gasteiger partial charge in [-0.05, 0) is 42.3 Å². The van der Waals surface area contributed by atoms with Crippen molar-refractivity contribution in [3.8, 4) is 10.6 Å². The summed E-state index contributed by atoms with van der Waals surface area (Å²) in [6.07, 6.45) is 1.88. The highest BCUT2D eigenvalue weighted by Crippen LogP contribution is 2.24. The molecule has 0 saturated heterocycles. The minimum absolute atomic E-state index is 0.319. The van der Waals surface area contributed by atoms with E-state index >= 15 is 0 Å². The van der Waals surface area contributed by atoms with Crippen molar-refractivity contribution in [2.75, 3.05) is 5.32 Å². The standard InChI is InChI=1S/C21H22N4OS2/c1-3-14-9-11-16(12-10-14)20-22-18(13-28-20)19(26)24-25-21(27)23-17-8-6-5-7-15(17)4-2/h5-13H,3-4H2,1-2H3,(H,24,26)(H2,23,25,27). The van der Waals surface area contributed by atoms with Gasteiger partial charge >= 0.3 is 0 Å². The Morgan fingerprint density at radius 3 is 2.50 bits per heavy atom. The summed E-state index contributed by atoms with van der Waals surface area (Å²) < 4.78 is 0. The highest BCUT2D eigenvalue weighted by molar-refractivity contribution is 7.80. The van der Waals surface area contributed by atoms with Crippen LogP contribution in [0.15, 0.2) is 53.9 Å². The Bertz CT molecular complexity index is 967. The van der Waals surface area contributed by atoms with Crippen LogP contribution < -0.4 is 16.2 Å². The molecule has 2 aromatic carbocycles. The number of aryl methyl sites for hydroxylation is 2. The summed E-state index contributed by atoms with van der Waals surface area (Å²) in [6, 6.07) is 16.1. The summed E-state index contributed by atoms with van der Waals surface area (Å²) in [4.78, 5) is 16.8. The molecule has 1 heterocycles. The fourth-order valence-electron chi connectivity index (χ4n) is 2.68. The number of thiocarbonyl (C=S) groups is 1. The van der Waals surface area contributed by atoms with Crippen molar-refractivity contribution >= 4 is 40.3 Å². The summed E-state index contributed by atoms with van der Waals surface area (Å²) in [5.41, 5.74) is 10.0. The topological polar surface area (TPSA) is 66.0 Å². The molecule has 1 amide bonds. The maximum absolute atomic E-state index is 12.4. The molecule has 3 aromatic rings. The summed E-state index contributed by atoms with van der Waals surface area (Å²) in [5.74, 6) is -0.333. The van der Waals surface area contributed by atoms with E-state index in [4.69, 9.17) is 12.2 Å². The Kier molecular flexibility index (Phi) is 6.73. The SMILES string of the molecule is CCc1ccc(-c2nc(C(=O)NNC(=S)Nc3ccccc3CC)cs2)cc1. The molecule has 0 fully saturated rings. The molecule has 144 valence electrons. The zero-order valence-electron chi connectivity index (χ0n) is 15.8. The van der Waals surface area contributed by atoms with Crippen LogP contribution in [0.25, 0.3) is 10.6 Å². The van der Waals surface area contributed by atoms with E-state index in [1.165, 1.54) is 16.9 Å². The van der Waals surface area contributed by atoms with Gasteiger partial charge in [-0.25, -0.2) is 4.98 Å². The number of hydrazine groups is 1. The first-order chi connectivity index (χ1) is 13.6. The van der Waals surface area contributed by atoms with Gasteiger partial charge in [-0.2, -0.15) is 0 Å². The number of anilines is 1. The normalized spacial score (nSPS) is 10.4. The van der Waals surface area contributed by atoms with Gasteiger partial charge in [0.1, 0.15) is 10.7 Å². The van der Waals surface area contributed by atoms with Crippen LogP contribution in [-0.4, -0.2) is 16.0 Å². The number of hydrogen-bond donors (Lipinski definition) is 3. The number of thiazole rings is 1. The molecule has 5 nitrogen and oxygen atoms in total. The molecule has 0 atom stereocenters. The molecule has 0 bridgehead atoms. The molecule has 0 spiro atoms. The van der Waals surface area contributed by atoms with Gasteiger partial charge in [0.05, 0.1) is 0 Å². The summed E-state index contributed by atoms with van der Waals surface area (Å²) in [5, 5.41) is 5.97. The van der Waals surface area contributed by atoms with Gasteiger partial charge in [0.25, 0.3) is 5.91 Å². The highest BCUT2D eigenvalue weighted by atomic mass is 32.1. The summed E-state index contributed by atoms with van der Waals surface area (Å²) in [6.45, 7) is 4.20. The number of rotatable bonds is 5. The maximum atomic E-state index is 12.4. The van der Waals surface area contributed by atoms with Gasteiger partial charge in [0.15, 0.2) is 5.11 Å². The molecule has 28 heavy (non-hydrogen) atoms. The highest BCUT2D eigenvalue weighted by Gasteiger charge is 2.12. The Labute approximate surface area is 174 Å². The Morgan fingerprint density at radius 1 is 1.04 bits per heavy atom. The van der Waals surface area contributed by atoms with E-state index < -0.39 is 0 Å². The van der Waals surface area contributed by atoms with E-state index in [1.54, 1.807) is 5.38 Å². The van der Waals surface area contributed by atoms with E-state index in [2.05, 4.69) is 47.1 Å². The molecule has 0 aliphatic heterocycles. The van der Waals surface area contributed by atoms with E-state index in [-0.39, 0.29) is 5.91 Å². The van der Waals surface area contributed by atoms with E-state index in [1.807, 2.05) is 36.4 Å². The lowest BCUT2D eigenvalue weighted by Gasteiger charge is -2.13. The number of amides is 1. The van der Waals surface area contributed by atoms with Crippen molar-refractivity contribution in [3.63, 3.8) is 0 Å². The Hall–Kier alpha value is -2.77. The third-order valence-corrected chi connectivity index (χ3v) is 5.38. The van der Waals surface area contributed by atoms with Crippen LogP contribution in [0.4, 0.5) is 5.69 Å². The van der Waals surface area contributed by atoms with E-state index in [9.17, 15) is 4.79 Å². The van der Waals surface area contributed by atoms with Gasteiger partial charge in [0.2, 0.25) is 0 Å². The summed E-state index contributed by atoms with van der Waals surface area (Å²) in [7, 11) is 0. The minimum Gasteiger partial charge on any atom is -0.331 e. The van der Waals surface area contributed by atoms with Crippen LogP contribution in [0.1, 0.15) is 35.5 Å². The molecule has 3 N–H and O–H groups in total. The predicted molar refractivity (Wildman–Crippen MR) is 120 cm³/mol. The van der Waals surface area contributed by atoms with E-state index in [0.717, 1.165) is 34.7 Å². The smallest absolute Gasteiger partial charge is 0.289 e. The lowest BCUT2D eigenvalue weighted by atomic mass is 10.1. The van der Waals surface area contributed by atoms with Crippen LogP contribution in [-0.2, 0) is 12.8 Å². The van der Waals surface area contributed by atoms with Crippen molar-refractivity contribution in [1.82, 2.24) is 15.8 Å². The van der Waals surface area contributed by atoms with Gasteiger partial charge in [-0.3, -0.25) is 15.6 Å². The number of aromatic nitrogens is 1. The zero-order valence-corrected chi connectivity index (χ0v) is 17.4. The lowest BCUT2D eigenvalue weighted by Crippen LogP contribution is -2.44. The van der Waals surface area contributed by atoms with Gasteiger partial charge < -0.3 is 5.32 Å². The first kappa shape index (κ1) is 20.0. The predicted octanol–water partition coefficient (Wildman–Crippen LogP) is 4.57. The van der Waals surface area contributed by atoms with Gasteiger partial charge in [0, 0.05) is 16.6 Å². The second-order valence-corrected chi connectivity index (χ2v) is 7.40. The third kappa shape index (κ3) is 4.94. The fraction of sp³-hybridized carbons (Fsp3) is 0.190. The first-order valence-corrected chi connectivity index (χ1v) is 10.4. The largest absolute Gasteiger partial charge is 0.331 e. The molecular weight excluding hydrogens is 388 g/mol. The fourth-order valence-corrected chi connectivity index (χ4v) is 3.64. The monoisotopic (exact) mass is 410 g/mol. The average molecular weight is 411 g/mol. The number of carbonyl (C=O) groups excluding carboxylic acids is 1. The number of para-hydroxylation sites is 1. The molecule has 0 aliphatic carbocycles. The number of hydrogen-bond acceptors (Lipinski definition) is 4. The van der Waals surface area contributed by atoms with Crippen LogP contribution >= 0.6 is 23.6 Å². The molecule has 0 radical (unpaired) electrons. The lowest BCUT2D eigenvalue weighted by molar-refractivity contribution is 0.0940. The Balaban J connectivity index is 1.57. The van der Waals surface area contributed by atoms with Gasteiger partial charge in [-0.1, -0.05) is 56.3 Å². The molecule has 0 unspecified atom stereocenters. The zero-order chi connectivity index (χ0) is 19.9. The van der Waals surface area contributed by atoms with Crippen molar-refractivity contribution in [3.05, 3.63) is 70.7 Å². The molecule has 7 heteroatoms. The van der Waals surface area contributed by atoms with Crippen LogP contribution in [0.3, 0.4) is 0 Å². The molecular formula is C21H22N4OS2. The van der Waals surface area contributed by atoms with Crippen LogP contribution in [0, 0.1) is 0 Å². The Morgan fingerprint density at radius 2 is 1.79 bits per heavy atom. The summed E-state index contributed by atoms with van der Waals surface area (Å²) >= 11 is 6.70. The molecule has 0 aliphatic rings. The van der Waals surface area contributed by atoms with Crippen LogP contribution in [0.5, 0.6) is 0 Å². The van der Waals surface area contributed by atoms with Gasteiger partial charge in [-0.15, -0.1) is 11.3 Å². The molecule has 1 aromatic heterocycles.